The normalized spacial score (nSPS) is 36.2. The van der Waals surface area contributed by atoms with Gasteiger partial charge >= 0.3 is 0 Å². The van der Waals surface area contributed by atoms with E-state index in [1.165, 1.54) is 19.4 Å². The first-order valence-corrected chi connectivity index (χ1v) is 5.79. The van der Waals surface area contributed by atoms with Crippen molar-refractivity contribution in [3.05, 3.63) is 0 Å². The lowest BCUT2D eigenvalue weighted by atomic mass is 10.1. The van der Waals surface area contributed by atoms with Crippen LogP contribution >= 0.6 is 0 Å². The first kappa shape index (κ1) is 10.4. The molecule has 0 bridgehead atoms. The maximum absolute atomic E-state index is 9.05. The van der Waals surface area contributed by atoms with Gasteiger partial charge in [-0.15, -0.1) is 0 Å². The highest BCUT2D eigenvalue weighted by Crippen LogP contribution is 2.32. The molecule has 2 fully saturated rings. The second-order valence-corrected chi connectivity index (χ2v) is 4.88. The van der Waals surface area contributed by atoms with Crippen molar-refractivity contribution in [2.75, 3.05) is 26.7 Å². The van der Waals surface area contributed by atoms with Gasteiger partial charge in [0.25, 0.3) is 0 Å². The lowest BCUT2D eigenvalue weighted by Crippen LogP contribution is -2.56. The van der Waals surface area contributed by atoms with E-state index >= 15 is 0 Å². The van der Waals surface area contributed by atoms with Gasteiger partial charge in [-0.05, 0) is 33.2 Å². The van der Waals surface area contributed by atoms with E-state index in [0.717, 1.165) is 19.0 Å². The summed E-state index contributed by atoms with van der Waals surface area (Å²) in [7, 11) is 2.19. The van der Waals surface area contributed by atoms with Crippen LogP contribution < -0.4 is 0 Å². The van der Waals surface area contributed by atoms with Crippen molar-refractivity contribution < 1.29 is 5.11 Å². The number of hydrogen-bond donors (Lipinski definition) is 1. The van der Waals surface area contributed by atoms with Crippen molar-refractivity contribution in [3.8, 4) is 0 Å². The zero-order chi connectivity index (χ0) is 10.1. The molecular weight excluding hydrogens is 176 g/mol. The van der Waals surface area contributed by atoms with Gasteiger partial charge in [0.1, 0.15) is 0 Å². The van der Waals surface area contributed by atoms with Gasteiger partial charge in [0.05, 0.1) is 0 Å². The maximum atomic E-state index is 9.05. The van der Waals surface area contributed by atoms with Crippen molar-refractivity contribution in [1.82, 2.24) is 9.80 Å². The molecule has 1 saturated heterocycles. The molecule has 1 aliphatic carbocycles. The van der Waals surface area contributed by atoms with Gasteiger partial charge < -0.3 is 10.0 Å². The molecule has 0 spiro atoms. The van der Waals surface area contributed by atoms with Gasteiger partial charge in [0.15, 0.2) is 0 Å². The van der Waals surface area contributed by atoms with Crippen LogP contribution in [0.4, 0.5) is 0 Å². The lowest BCUT2D eigenvalue weighted by Gasteiger charge is -2.44. The molecule has 2 atom stereocenters. The molecule has 0 amide bonds. The third-order valence-electron chi connectivity index (χ3n) is 3.67. The summed E-state index contributed by atoms with van der Waals surface area (Å²) in [5.74, 6) is 0. The highest BCUT2D eigenvalue weighted by molar-refractivity contribution is 4.94. The van der Waals surface area contributed by atoms with Crippen LogP contribution in [0.25, 0.3) is 0 Å². The van der Waals surface area contributed by atoms with Crippen LogP contribution in [0, 0.1) is 0 Å². The average Bonchev–Trinajstić information content (AvgIpc) is 2.94. The summed E-state index contributed by atoms with van der Waals surface area (Å²) in [6, 6.07) is 2.10. The third kappa shape index (κ3) is 2.10. The molecule has 3 nitrogen and oxygen atoms in total. The van der Waals surface area contributed by atoms with Gasteiger partial charge in [-0.25, -0.2) is 0 Å². The van der Waals surface area contributed by atoms with Crippen LogP contribution in [-0.2, 0) is 0 Å². The number of piperazine rings is 1. The summed E-state index contributed by atoms with van der Waals surface area (Å²) in [4.78, 5) is 5.04. The zero-order valence-corrected chi connectivity index (χ0v) is 9.32. The van der Waals surface area contributed by atoms with Crippen molar-refractivity contribution in [2.24, 2.45) is 0 Å². The summed E-state index contributed by atoms with van der Waals surface area (Å²) in [5, 5.41) is 9.05. The van der Waals surface area contributed by atoms with Crippen molar-refractivity contribution in [1.29, 1.82) is 0 Å². The molecule has 2 rings (SSSR count). The van der Waals surface area contributed by atoms with Gasteiger partial charge in [-0.2, -0.15) is 0 Å². The van der Waals surface area contributed by atoms with E-state index in [2.05, 4.69) is 23.8 Å². The Labute approximate surface area is 86.7 Å². The van der Waals surface area contributed by atoms with Crippen LogP contribution in [0.15, 0.2) is 0 Å². The minimum Gasteiger partial charge on any atom is -0.396 e. The summed E-state index contributed by atoms with van der Waals surface area (Å²) in [5.41, 5.74) is 0. The summed E-state index contributed by atoms with van der Waals surface area (Å²) >= 11 is 0. The van der Waals surface area contributed by atoms with E-state index in [1.807, 2.05) is 0 Å². The van der Waals surface area contributed by atoms with E-state index in [-0.39, 0.29) is 0 Å². The van der Waals surface area contributed by atoms with Crippen molar-refractivity contribution in [2.45, 2.75) is 44.3 Å². The topological polar surface area (TPSA) is 26.7 Å². The molecule has 0 aromatic heterocycles. The Bertz CT molecular complexity index is 194. The Hall–Kier alpha value is -0.120. The van der Waals surface area contributed by atoms with Crippen LogP contribution in [0.5, 0.6) is 0 Å². The number of aliphatic hydroxyl groups excluding tert-OH is 1. The van der Waals surface area contributed by atoms with Gasteiger partial charge in [0, 0.05) is 37.8 Å². The molecule has 1 heterocycles. The molecule has 0 radical (unpaired) electrons. The summed E-state index contributed by atoms with van der Waals surface area (Å²) < 4.78 is 0. The van der Waals surface area contributed by atoms with Gasteiger partial charge in [0.2, 0.25) is 0 Å². The maximum Gasteiger partial charge on any atom is 0.0446 e. The number of aliphatic hydroxyl groups is 1. The molecule has 82 valence electrons. The lowest BCUT2D eigenvalue weighted by molar-refractivity contribution is 0.0336. The third-order valence-corrected chi connectivity index (χ3v) is 3.67. The number of rotatable bonds is 3. The SMILES string of the molecule is CC1CN(C2CC2)C(CCO)CN1C. The zero-order valence-electron chi connectivity index (χ0n) is 9.32. The molecule has 0 aromatic carbocycles. The van der Waals surface area contributed by atoms with Crippen molar-refractivity contribution >= 4 is 0 Å². The molecule has 2 aliphatic rings. The predicted octanol–water partition coefficient (Wildman–Crippen LogP) is 0.536. The molecule has 2 unspecified atom stereocenters. The van der Waals surface area contributed by atoms with E-state index < -0.39 is 0 Å². The minimum atomic E-state index is 0.329. The van der Waals surface area contributed by atoms with E-state index in [1.54, 1.807) is 0 Å². The Kier molecular flexibility index (Phi) is 3.10. The Morgan fingerprint density at radius 1 is 1.29 bits per heavy atom. The molecule has 3 heteroatoms. The quantitative estimate of drug-likeness (QED) is 0.717. The Balaban J connectivity index is 1.96. The molecule has 1 N–H and O–H groups in total. The molecule has 1 aliphatic heterocycles. The monoisotopic (exact) mass is 198 g/mol. The Morgan fingerprint density at radius 3 is 2.57 bits per heavy atom. The second-order valence-electron chi connectivity index (χ2n) is 4.88. The number of hydrogen-bond acceptors (Lipinski definition) is 3. The standard InChI is InChI=1S/C11H22N2O/c1-9-7-13(10-3-4-10)11(5-6-14)8-12(9)2/h9-11,14H,3-8H2,1-2H3. The van der Waals surface area contributed by atoms with Crippen LogP contribution in [0.1, 0.15) is 26.2 Å². The predicted molar refractivity (Wildman–Crippen MR) is 57.3 cm³/mol. The largest absolute Gasteiger partial charge is 0.396 e. The highest BCUT2D eigenvalue weighted by atomic mass is 16.3. The summed E-state index contributed by atoms with van der Waals surface area (Å²) in [6.07, 6.45) is 3.68. The first-order valence-electron chi connectivity index (χ1n) is 5.79. The fraction of sp³-hybridized carbons (Fsp3) is 1.00. The molecule has 1 saturated carbocycles. The van der Waals surface area contributed by atoms with Gasteiger partial charge in [-0.3, -0.25) is 4.90 Å². The number of nitrogens with zero attached hydrogens (tertiary/aromatic N) is 2. The first-order chi connectivity index (χ1) is 6.72. The Morgan fingerprint density at radius 2 is 2.00 bits per heavy atom. The van der Waals surface area contributed by atoms with Crippen LogP contribution in [0.2, 0.25) is 0 Å². The highest BCUT2D eigenvalue weighted by Gasteiger charge is 2.38. The molecule has 14 heavy (non-hydrogen) atoms. The fourth-order valence-electron chi connectivity index (χ4n) is 2.47. The minimum absolute atomic E-state index is 0.329. The average molecular weight is 198 g/mol. The van der Waals surface area contributed by atoms with E-state index in [4.69, 9.17) is 5.11 Å². The fourth-order valence-corrected chi connectivity index (χ4v) is 2.47. The summed E-state index contributed by atoms with van der Waals surface area (Å²) in [6.45, 7) is 4.94. The van der Waals surface area contributed by atoms with E-state index in [9.17, 15) is 0 Å². The van der Waals surface area contributed by atoms with E-state index in [0.29, 0.717) is 18.7 Å². The van der Waals surface area contributed by atoms with Crippen LogP contribution in [0.3, 0.4) is 0 Å². The number of likely N-dealkylation sites (N-methyl/N-ethyl adjacent to an activating group) is 1. The van der Waals surface area contributed by atoms with Gasteiger partial charge in [-0.1, -0.05) is 0 Å². The smallest absolute Gasteiger partial charge is 0.0446 e. The van der Waals surface area contributed by atoms with Crippen LogP contribution in [-0.4, -0.2) is 59.8 Å². The van der Waals surface area contributed by atoms with Crippen molar-refractivity contribution in [3.63, 3.8) is 0 Å². The second kappa shape index (κ2) is 4.17. The molecular formula is C11H22N2O. The molecule has 0 aromatic rings.